The summed E-state index contributed by atoms with van der Waals surface area (Å²) in [5.41, 5.74) is 22.2. The maximum atomic E-state index is 10.6. The molecule has 44 heavy (non-hydrogen) atoms. The fourth-order valence-electron chi connectivity index (χ4n) is 4.81. The van der Waals surface area contributed by atoms with Crippen molar-refractivity contribution in [2.45, 2.75) is 31.3 Å². The van der Waals surface area contributed by atoms with E-state index in [1.54, 1.807) is 36.5 Å². The average Bonchev–Trinajstić information content (AvgIpc) is 3.71. The number of rotatable bonds is 8. The number of nitrogens with one attached hydrogen (secondary N) is 3. The van der Waals surface area contributed by atoms with Crippen LogP contribution >= 0.6 is 0 Å². The highest BCUT2D eigenvalue weighted by atomic mass is 16.4. The van der Waals surface area contributed by atoms with Gasteiger partial charge in [-0.3, -0.25) is 9.59 Å². The molecule has 0 fully saturated rings. The minimum Gasteiger partial charge on any atom is -0.508 e. The number of fused-ring (bicyclic) bond motifs is 3. The zero-order chi connectivity index (χ0) is 31.8. The lowest BCUT2D eigenvalue weighted by atomic mass is 10.1. The first kappa shape index (κ1) is 31.6. The molecule has 3 aromatic heterocycles. The van der Waals surface area contributed by atoms with E-state index in [-0.39, 0.29) is 12.2 Å². The zero-order valence-corrected chi connectivity index (χ0v) is 23.8. The third kappa shape index (κ3) is 7.75. The smallest absolute Gasteiger partial charge is 0.320 e. The number of para-hydroxylation sites is 1. The normalized spacial score (nSPS) is 12.2. The van der Waals surface area contributed by atoms with Gasteiger partial charge in [0.25, 0.3) is 0 Å². The molecule has 3 heterocycles. The van der Waals surface area contributed by atoms with Crippen LogP contribution in [-0.4, -0.2) is 65.9 Å². The van der Waals surface area contributed by atoms with Gasteiger partial charge in [0.2, 0.25) is 0 Å². The third-order valence-corrected chi connectivity index (χ3v) is 7.10. The largest absolute Gasteiger partial charge is 0.508 e. The van der Waals surface area contributed by atoms with Crippen LogP contribution in [0.1, 0.15) is 16.7 Å². The van der Waals surface area contributed by atoms with Crippen LogP contribution in [0, 0.1) is 0 Å². The number of carboxylic acid groups (broad SMARTS) is 2. The lowest BCUT2D eigenvalue weighted by molar-refractivity contribution is -0.139. The number of benzene rings is 3. The van der Waals surface area contributed by atoms with Gasteiger partial charge in [0.1, 0.15) is 23.6 Å². The van der Waals surface area contributed by atoms with Crippen molar-refractivity contribution >= 4 is 44.6 Å². The Balaban J connectivity index is 0.000000151. The number of carbonyl (C=O) groups is 2. The topological polar surface area (TPSA) is 240 Å². The molecule has 0 radical (unpaired) electrons. The Hall–Kier alpha value is -5.30. The molecular weight excluding hydrogens is 564 g/mol. The number of H-pyrrole nitrogens is 3. The van der Waals surface area contributed by atoms with E-state index in [0.717, 1.165) is 55.8 Å². The quantitative estimate of drug-likeness (QED) is 0.123. The van der Waals surface area contributed by atoms with Crippen LogP contribution in [0.2, 0.25) is 0 Å². The second-order valence-corrected chi connectivity index (χ2v) is 10.3. The van der Waals surface area contributed by atoms with Gasteiger partial charge in [-0.05, 0) is 72.1 Å². The van der Waals surface area contributed by atoms with Crippen molar-refractivity contribution in [2.75, 3.05) is 6.54 Å². The molecule has 2 atom stereocenters. The summed E-state index contributed by atoms with van der Waals surface area (Å²) in [6.07, 6.45) is 6.89. The number of phenolic OH excluding ortho intramolecular Hbond substituents is 2. The molecular formula is C32H36N6O6. The zero-order valence-electron chi connectivity index (χ0n) is 23.8. The predicted molar refractivity (Wildman–Crippen MR) is 170 cm³/mol. The van der Waals surface area contributed by atoms with E-state index in [0.29, 0.717) is 18.7 Å². The highest BCUT2D eigenvalue weighted by Crippen LogP contribution is 2.24. The van der Waals surface area contributed by atoms with Gasteiger partial charge in [0.15, 0.2) is 0 Å². The Labute approximate surface area is 252 Å². The fourth-order valence-corrected chi connectivity index (χ4v) is 4.81. The first-order valence-electron chi connectivity index (χ1n) is 13.9. The van der Waals surface area contributed by atoms with Gasteiger partial charge in [-0.1, -0.05) is 18.2 Å². The van der Waals surface area contributed by atoms with E-state index < -0.39 is 24.0 Å². The standard InChI is InChI=1S/C11H12N2O3.C11H12N2O2.C10H12N2O/c12-9(11(15)16)3-6-5-13-10-2-1-7(14)4-8(6)10;12-9(11(14)15)5-7-6-13-10-4-2-1-3-8(7)10;11-4-3-7-6-12-10-2-1-8(13)5-9(7)10/h1-2,4-5,9,13-14H,3,12H2,(H,15,16);1-4,6,9,13H,5,12H2,(H,14,15);1-2,5-6,12-13H,3-4,11H2/t;9-;/m.1./s1. The van der Waals surface area contributed by atoms with E-state index >= 15 is 0 Å². The molecule has 0 amide bonds. The molecule has 0 bridgehead atoms. The lowest BCUT2D eigenvalue weighted by Crippen LogP contribution is -2.32. The van der Waals surface area contributed by atoms with Crippen LogP contribution in [0.5, 0.6) is 11.5 Å². The van der Waals surface area contributed by atoms with Crippen LogP contribution < -0.4 is 17.2 Å². The molecule has 1 unspecified atom stereocenters. The van der Waals surface area contributed by atoms with Gasteiger partial charge in [-0.2, -0.15) is 0 Å². The van der Waals surface area contributed by atoms with Crippen LogP contribution in [-0.2, 0) is 28.9 Å². The van der Waals surface area contributed by atoms with E-state index in [2.05, 4.69) is 15.0 Å². The molecule has 12 heteroatoms. The van der Waals surface area contributed by atoms with Crippen molar-refractivity contribution in [2.24, 2.45) is 17.2 Å². The molecule has 230 valence electrons. The van der Waals surface area contributed by atoms with Crippen molar-refractivity contribution in [3.05, 3.63) is 95.9 Å². The number of aromatic hydroxyl groups is 2. The molecule has 6 aromatic rings. The summed E-state index contributed by atoms with van der Waals surface area (Å²) in [7, 11) is 0. The SMILES string of the molecule is NC(Cc1c[nH]c2ccc(O)cc12)C(=O)O.NCCc1c[nH]c2ccc(O)cc12.N[C@H](Cc1c[nH]c2ccccc12)C(=O)O. The molecule has 3 aromatic carbocycles. The van der Waals surface area contributed by atoms with Crippen LogP contribution in [0.15, 0.2) is 79.3 Å². The fraction of sp³-hybridized carbons (Fsp3) is 0.188. The first-order chi connectivity index (χ1) is 21.1. The first-order valence-corrected chi connectivity index (χ1v) is 13.9. The maximum absolute atomic E-state index is 10.6. The van der Waals surface area contributed by atoms with Gasteiger partial charge in [0, 0.05) is 64.1 Å². The van der Waals surface area contributed by atoms with E-state index in [1.807, 2.05) is 42.7 Å². The van der Waals surface area contributed by atoms with Gasteiger partial charge >= 0.3 is 11.9 Å². The molecule has 0 spiro atoms. The molecule has 0 saturated carbocycles. The Bertz CT molecular complexity index is 1870. The van der Waals surface area contributed by atoms with Crippen LogP contribution in [0.4, 0.5) is 0 Å². The van der Waals surface area contributed by atoms with Crippen LogP contribution in [0.3, 0.4) is 0 Å². The Kier molecular flexibility index (Phi) is 10.2. The molecule has 6 rings (SSSR count). The highest BCUT2D eigenvalue weighted by Gasteiger charge is 2.15. The molecule has 0 aliphatic carbocycles. The predicted octanol–water partition coefficient (Wildman–Crippen LogP) is 3.32. The van der Waals surface area contributed by atoms with E-state index in [4.69, 9.17) is 27.4 Å². The van der Waals surface area contributed by atoms with Gasteiger partial charge in [-0.15, -0.1) is 0 Å². The summed E-state index contributed by atoms with van der Waals surface area (Å²) < 4.78 is 0. The Morgan fingerprint density at radius 1 is 0.636 bits per heavy atom. The van der Waals surface area contributed by atoms with Crippen molar-refractivity contribution in [1.82, 2.24) is 15.0 Å². The van der Waals surface area contributed by atoms with Gasteiger partial charge in [0.05, 0.1) is 0 Å². The summed E-state index contributed by atoms with van der Waals surface area (Å²) >= 11 is 0. The minimum absolute atomic E-state index is 0.150. The number of hydrogen-bond donors (Lipinski definition) is 10. The highest BCUT2D eigenvalue weighted by molar-refractivity contribution is 5.86. The number of carboxylic acids is 2. The second kappa shape index (κ2) is 14.2. The molecule has 0 aliphatic heterocycles. The van der Waals surface area contributed by atoms with E-state index in [9.17, 15) is 19.8 Å². The van der Waals surface area contributed by atoms with Crippen molar-refractivity contribution < 1.29 is 30.0 Å². The van der Waals surface area contributed by atoms with Crippen molar-refractivity contribution in [1.29, 1.82) is 0 Å². The van der Waals surface area contributed by atoms with Gasteiger partial charge < -0.3 is 52.6 Å². The number of nitrogens with two attached hydrogens (primary N) is 3. The van der Waals surface area contributed by atoms with E-state index in [1.165, 1.54) is 0 Å². The molecule has 0 aliphatic rings. The van der Waals surface area contributed by atoms with Gasteiger partial charge in [-0.25, -0.2) is 0 Å². The number of phenols is 2. The van der Waals surface area contributed by atoms with Crippen LogP contribution in [0.25, 0.3) is 32.7 Å². The average molecular weight is 601 g/mol. The lowest BCUT2D eigenvalue weighted by Gasteiger charge is -2.04. The van der Waals surface area contributed by atoms with Crippen molar-refractivity contribution in [3.63, 3.8) is 0 Å². The monoisotopic (exact) mass is 600 g/mol. The summed E-state index contributed by atoms with van der Waals surface area (Å²) in [6, 6.07) is 16.2. The minimum atomic E-state index is -1.03. The molecule has 0 saturated heterocycles. The summed E-state index contributed by atoms with van der Waals surface area (Å²) in [5.74, 6) is -1.56. The summed E-state index contributed by atoms with van der Waals surface area (Å²) in [6.45, 7) is 0.628. The summed E-state index contributed by atoms with van der Waals surface area (Å²) in [5, 5.41) is 39.0. The molecule has 13 N–H and O–H groups in total. The maximum Gasteiger partial charge on any atom is 0.320 e. The number of aromatic nitrogens is 3. The Morgan fingerprint density at radius 2 is 1.07 bits per heavy atom. The Morgan fingerprint density at radius 3 is 1.57 bits per heavy atom. The second-order valence-electron chi connectivity index (χ2n) is 10.3. The molecule has 12 nitrogen and oxygen atoms in total. The van der Waals surface area contributed by atoms with Crippen molar-refractivity contribution in [3.8, 4) is 11.5 Å². The third-order valence-electron chi connectivity index (χ3n) is 7.10. The number of hydrogen-bond acceptors (Lipinski definition) is 7. The number of aromatic amines is 3. The summed E-state index contributed by atoms with van der Waals surface area (Å²) in [4.78, 5) is 30.5. The number of aliphatic carboxylic acids is 2.